The van der Waals surface area contributed by atoms with Gasteiger partial charge in [-0.2, -0.15) is 13.2 Å². The van der Waals surface area contributed by atoms with Crippen LogP contribution in [0.2, 0.25) is 0 Å². The van der Waals surface area contributed by atoms with Crippen molar-refractivity contribution >= 4 is 18.2 Å². The minimum absolute atomic E-state index is 0. The third-order valence-electron chi connectivity index (χ3n) is 3.92. The van der Waals surface area contributed by atoms with Gasteiger partial charge in [-0.05, 0) is 25.0 Å². The number of amidine groups is 1. The molecule has 0 spiro atoms. The van der Waals surface area contributed by atoms with E-state index in [-0.39, 0.29) is 30.7 Å². The van der Waals surface area contributed by atoms with E-state index in [4.69, 9.17) is 5.73 Å². The first-order valence-electron chi connectivity index (χ1n) is 7.84. The lowest BCUT2D eigenvalue weighted by molar-refractivity contribution is -0.144. The topological polar surface area (TPSA) is 69.1 Å². The van der Waals surface area contributed by atoms with Crippen LogP contribution in [0.4, 0.5) is 13.2 Å². The molecular weight excluding hydrogens is 355 g/mol. The van der Waals surface area contributed by atoms with Crippen molar-refractivity contribution in [1.82, 2.24) is 14.8 Å². The molecule has 3 rings (SSSR count). The zero-order chi connectivity index (χ0) is 17.2. The quantitative estimate of drug-likeness (QED) is 0.894. The number of hydrogen-bond acceptors (Lipinski definition) is 4. The first-order chi connectivity index (χ1) is 11.4. The Bertz CT molecular complexity index is 727. The van der Waals surface area contributed by atoms with Gasteiger partial charge in [0.15, 0.2) is 0 Å². The summed E-state index contributed by atoms with van der Waals surface area (Å²) >= 11 is 0. The number of hydrogen-bond donors (Lipinski definition) is 1. The fourth-order valence-electron chi connectivity index (χ4n) is 2.78. The van der Waals surface area contributed by atoms with Crippen LogP contribution in [-0.2, 0) is 12.6 Å². The number of para-hydroxylation sites is 1. The van der Waals surface area contributed by atoms with Crippen LogP contribution in [0.25, 0.3) is 5.69 Å². The van der Waals surface area contributed by atoms with Gasteiger partial charge in [0.05, 0.1) is 17.6 Å². The first kappa shape index (κ1) is 19.2. The summed E-state index contributed by atoms with van der Waals surface area (Å²) in [5.41, 5.74) is 6.37. The molecule has 0 fully saturated rings. The molecule has 1 aliphatic heterocycles. The summed E-state index contributed by atoms with van der Waals surface area (Å²) in [6, 6.07) is 8.51. The maximum Gasteiger partial charge on any atom is 0.453 e. The predicted molar refractivity (Wildman–Crippen MR) is 91.2 cm³/mol. The summed E-state index contributed by atoms with van der Waals surface area (Å²) in [7, 11) is 0. The van der Waals surface area contributed by atoms with Gasteiger partial charge < -0.3 is 5.73 Å². The zero-order valence-corrected chi connectivity index (χ0v) is 14.2. The Hall–Kier alpha value is -2.09. The highest BCUT2D eigenvalue weighted by Crippen LogP contribution is 2.28. The van der Waals surface area contributed by atoms with Crippen LogP contribution in [-0.4, -0.2) is 26.6 Å². The third kappa shape index (κ3) is 4.72. The molecule has 2 N–H and O–H groups in total. The Balaban J connectivity index is 0.00000225. The molecule has 1 aromatic heterocycles. The van der Waals surface area contributed by atoms with Gasteiger partial charge in [0.2, 0.25) is 0 Å². The molecular formula is C16H19ClF3N5. The number of aliphatic imine (C=N–C) groups is 1. The standard InChI is InChI=1S/C16H18F3N5.ClH/c17-16(18,19)15-22-14(10-11-6-4-5-9-13(20)21-11)24(23-15)12-7-2-1-3-8-12;/h1-3,7-8,11H,4-6,9-10H2,(H2,20,21);1H. The molecule has 25 heavy (non-hydrogen) atoms. The summed E-state index contributed by atoms with van der Waals surface area (Å²) < 4.78 is 40.3. The maximum absolute atomic E-state index is 13.0. The van der Waals surface area contributed by atoms with Crippen LogP contribution in [0.5, 0.6) is 0 Å². The lowest BCUT2D eigenvalue weighted by Crippen LogP contribution is -2.17. The highest BCUT2D eigenvalue weighted by atomic mass is 35.5. The molecule has 0 saturated heterocycles. The van der Waals surface area contributed by atoms with Gasteiger partial charge in [-0.1, -0.05) is 24.6 Å². The number of aromatic nitrogens is 3. The highest BCUT2D eigenvalue weighted by molar-refractivity contribution is 5.85. The molecule has 2 aromatic rings. The Morgan fingerprint density at radius 2 is 1.88 bits per heavy atom. The summed E-state index contributed by atoms with van der Waals surface area (Å²) in [6.07, 6.45) is -0.899. The van der Waals surface area contributed by atoms with Gasteiger partial charge in [0, 0.05) is 12.8 Å². The van der Waals surface area contributed by atoms with Crippen molar-refractivity contribution in [3.8, 4) is 5.69 Å². The van der Waals surface area contributed by atoms with Crippen molar-refractivity contribution in [2.45, 2.75) is 44.3 Å². The van der Waals surface area contributed by atoms with E-state index < -0.39 is 12.0 Å². The van der Waals surface area contributed by atoms with Gasteiger partial charge in [0.1, 0.15) is 5.82 Å². The number of nitrogens with two attached hydrogens (primary N) is 1. The van der Waals surface area contributed by atoms with Crippen molar-refractivity contribution in [3.63, 3.8) is 0 Å². The number of nitrogens with zero attached hydrogens (tertiary/aromatic N) is 4. The Labute approximate surface area is 149 Å². The molecule has 1 aromatic carbocycles. The molecule has 5 nitrogen and oxygen atoms in total. The second kappa shape index (κ2) is 7.86. The molecule has 0 radical (unpaired) electrons. The molecule has 1 unspecified atom stereocenters. The molecule has 0 saturated carbocycles. The van der Waals surface area contributed by atoms with Crippen LogP contribution in [0.1, 0.15) is 37.3 Å². The second-order valence-electron chi connectivity index (χ2n) is 5.82. The Morgan fingerprint density at radius 3 is 2.56 bits per heavy atom. The molecule has 136 valence electrons. The third-order valence-corrected chi connectivity index (χ3v) is 3.92. The van der Waals surface area contributed by atoms with Gasteiger partial charge in [0.25, 0.3) is 5.82 Å². The molecule has 1 aliphatic rings. The van der Waals surface area contributed by atoms with Crippen molar-refractivity contribution in [1.29, 1.82) is 0 Å². The maximum atomic E-state index is 13.0. The van der Waals surface area contributed by atoms with Crippen molar-refractivity contribution in [3.05, 3.63) is 42.0 Å². The zero-order valence-electron chi connectivity index (χ0n) is 13.4. The molecule has 1 atom stereocenters. The van der Waals surface area contributed by atoms with E-state index in [1.807, 2.05) is 0 Å². The average molecular weight is 374 g/mol. The normalized spacial score (nSPS) is 18.2. The molecule has 0 aliphatic carbocycles. The summed E-state index contributed by atoms with van der Waals surface area (Å²) in [5, 5.41) is 3.66. The monoisotopic (exact) mass is 373 g/mol. The lowest BCUT2D eigenvalue weighted by Gasteiger charge is -2.11. The van der Waals surface area contributed by atoms with E-state index in [9.17, 15) is 13.2 Å². The van der Waals surface area contributed by atoms with E-state index in [2.05, 4.69) is 15.1 Å². The van der Waals surface area contributed by atoms with Crippen LogP contribution >= 0.6 is 12.4 Å². The average Bonchev–Trinajstić information content (AvgIpc) is 2.85. The first-order valence-corrected chi connectivity index (χ1v) is 7.84. The summed E-state index contributed by atoms with van der Waals surface area (Å²) in [6.45, 7) is 0. The van der Waals surface area contributed by atoms with Gasteiger partial charge >= 0.3 is 6.18 Å². The van der Waals surface area contributed by atoms with E-state index in [0.29, 0.717) is 11.5 Å². The number of rotatable bonds is 3. The Kier molecular flexibility index (Phi) is 6.05. The van der Waals surface area contributed by atoms with E-state index in [1.54, 1.807) is 30.3 Å². The van der Waals surface area contributed by atoms with Crippen LogP contribution in [0.15, 0.2) is 35.3 Å². The van der Waals surface area contributed by atoms with E-state index in [0.717, 1.165) is 25.7 Å². The molecule has 9 heteroatoms. The Morgan fingerprint density at radius 1 is 1.16 bits per heavy atom. The molecule has 2 heterocycles. The number of benzene rings is 1. The van der Waals surface area contributed by atoms with Crippen molar-refractivity contribution in [2.75, 3.05) is 0 Å². The van der Waals surface area contributed by atoms with Gasteiger partial charge in [-0.15, -0.1) is 17.5 Å². The smallest absolute Gasteiger partial charge is 0.387 e. The molecule has 0 amide bonds. The largest absolute Gasteiger partial charge is 0.453 e. The van der Waals surface area contributed by atoms with Crippen molar-refractivity contribution < 1.29 is 13.2 Å². The van der Waals surface area contributed by atoms with Crippen LogP contribution in [0.3, 0.4) is 0 Å². The lowest BCUT2D eigenvalue weighted by atomic mass is 10.1. The second-order valence-corrected chi connectivity index (χ2v) is 5.82. The van der Waals surface area contributed by atoms with Crippen LogP contribution in [0, 0.1) is 0 Å². The summed E-state index contributed by atoms with van der Waals surface area (Å²) in [5.74, 6) is -0.330. The van der Waals surface area contributed by atoms with Gasteiger partial charge in [-0.3, -0.25) is 4.99 Å². The molecule has 0 bridgehead atoms. The van der Waals surface area contributed by atoms with Crippen LogP contribution < -0.4 is 5.73 Å². The predicted octanol–water partition coefficient (Wildman–Crippen LogP) is 3.55. The van der Waals surface area contributed by atoms with Gasteiger partial charge in [-0.25, -0.2) is 9.67 Å². The highest BCUT2D eigenvalue weighted by Gasteiger charge is 2.37. The number of halogens is 4. The SMILES string of the molecule is Cl.NC1=NC(Cc2nc(C(F)(F)F)nn2-c2ccccc2)CCCC1. The summed E-state index contributed by atoms with van der Waals surface area (Å²) in [4.78, 5) is 8.13. The van der Waals surface area contributed by atoms with E-state index >= 15 is 0 Å². The number of alkyl halides is 3. The minimum Gasteiger partial charge on any atom is -0.387 e. The fraction of sp³-hybridized carbons (Fsp3) is 0.438. The van der Waals surface area contributed by atoms with E-state index in [1.165, 1.54) is 4.68 Å². The minimum atomic E-state index is -4.58. The fourth-order valence-corrected chi connectivity index (χ4v) is 2.78. The van der Waals surface area contributed by atoms with Crippen molar-refractivity contribution in [2.24, 2.45) is 10.7 Å².